The van der Waals surface area contributed by atoms with Crippen molar-refractivity contribution in [2.24, 2.45) is 0 Å². The van der Waals surface area contributed by atoms with Gasteiger partial charge >= 0.3 is 0 Å². The van der Waals surface area contributed by atoms with E-state index in [0.717, 1.165) is 22.5 Å². The van der Waals surface area contributed by atoms with Crippen molar-refractivity contribution in [1.29, 1.82) is 0 Å². The Balaban J connectivity index is 2.00. The largest absolute Gasteiger partial charge is 0.373 e. The van der Waals surface area contributed by atoms with Gasteiger partial charge in [-0.05, 0) is 30.7 Å². The Kier molecular flexibility index (Phi) is 3.12. The van der Waals surface area contributed by atoms with E-state index in [4.69, 9.17) is 4.52 Å². The predicted octanol–water partition coefficient (Wildman–Crippen LogP) is 2.54. The van der Waals surface area contributed by atoms with Crippen LogP contribution in [0.5, 0.6) is 0 Å². The highest BCUT2D eigenvalue weighted by molar-refractivity contribution is 5.63. The van der Waals surface area contributed by atoms with Crippen molar-refractivity contribution in [2.75, 3.05) is 12.4 Å². The molecule has 0 bridgehead atoms. The van der Waals surface area contributed by atoms with Crippen molar-refractivity contribution in [3.05, 3.63) is 42.4 Å². The first kappa shape index (κ1) is 12.3. The maximum Gasteiger partial charge on any atom is 0.258 e. The minimum atomic E-state index is 0.460. The van der Waals surface area contributed by atoms with E-state index in [0.29, 0.717) is 11.7 Å². The monoisotopic (exact) mass is 267 g/mol. The van der Waals surface area contributed by atoms with E-state index in [1.807, 2.05) is 32.2 Å². The third-order valence-electron chi connectivity index (χ3n) is 2.97. The molecule has 0 saturated heterocycles. The zero-order chi connectivity index (χ0) is 13.9. The molecule has 0 saturated carbocycles. The summed E-state index contributed by atoms with van der Waals surface area (Å²) in [5.41, 5.74) is 2.74. The molecule has 0 fully saturated rings. The normalized spacial score (nSPS) is 10.5. The number of hydrogen-bond donors (Lipinski definition) is 1. The minimum absolute atomic E-state index is 0.460. The Morgan fingerprint density at radius 3 is 2.90 bits per heavy atom. The van der Waals surface area contributed by atoms with Crippen LogP contribution in [-0.2, 0) is 0 Å². The molecule has 6 nitrogen and oxygen atoms in total. The molecule has 0 radical (unpaired) electrons. The first-order valence-corrected chi connectivity index (χ1v) is 6.17. The molecule has 0 aliphatic heterocycles. The second kappa shape index (κ2) is 5.08. The van der Waals surface area contributed by atoms with Crippen molar-refractivity contribution < 1.29 is 4.52 Å². The molecule has 3 aromatic heterocycles. The molecule has 0 amide bonds. The van der Waals surface area contributed by atoms with E-state index >= 15 is 0 Å². The average molecular weight is 267 g/mol. The lowest BCUT2D eigenvalue weighted by Gasteiger charge is -1.99. The third kappa shape index (κ3) is 2.23. The Morgan fingerprint density at radius 2 is 2.10 bits per heavy atom. The van der Waals surface area contributed by atoms with Gasteiger partial charge in [0.25, 0.3) is 5.89 Å². The van der Waals surface area contributed by atoms with E-state index in [1.165, 1.54) is 0 Å². The SMILES string of the molecule is CNc1cc(-c2nc(-c3cnccc3C)no2)ccn1. The Labute approximate surface area is 115 Å². The molecule has 0 unspecified atom stereocenters. The van der Waals surface area contributed by atoms with Gasteiger partial charge in [0.1, 0.15) is 5.82 Å². The molecule has 3 heterocycles. The lowest BCUT2D eigenvalue weighted by atomic mass is 10.1. The van der Waals surface area contributed by atoms with E-state index in [-0.39, 0.29) is 0 Å². The van der Waals surface area contributed by atoms with Crippen molar-refractivity contribution in [3.63, 3.8) is 0 Å². The molecule has 20 heavy (non-hydrogen) atoms. The maximum atomic E-state index is 5.32. The molecule has 6 heteroatoms. The van der Waals surface area contributed by atoms with Gasteiger partial charge in [0, 0.05) is 36.8 Å². The van der Waals surface area contributed by atoms with Gasteiger partial charge in [-0.15, -0.1) is 0 Å². The second-order valence-electron chi connectivity index (χ2n) is 4.29. The fourth-order valence-electron chi connectivity index (χ4n) is 1.85. The number of hydrogen-bond acceptors (Lipinski definition) is 6. The Bertz CT molecular complexity index is 738. The van der Waals surface area contributed by atoms with Gasteiger partial charge in [-0.25, -0.2) is 4.98 Å². The third-order valence-corrected chi connectivity index (χ3v) is 2.97. The fraction of sp³-hybridized carbons (Fsp3) is 0.143. The molecule has 3 rings (SSSR count). The predicted molar refractivity (Wildman–Crippen MR) is 75.0 cm³/mol. The lowest BCUT2D eigenvalue weighted by Crippen LogP contribution is -1.91. The van der Waals surface area contributed by atoms with E-state index in [9.17, 15) is 0 Å². The summed E-state index contributed by atoms with van der Waals surface area (Å²) in [6.45, 7) is 1.98. The molecule has 0 aromatic carbocycles. The zero-order valence-corrected chi connectivity index (χ0v) is 11.2. The highest BCUT2D eigenvalue weighted by Crippen LogP contribution is 2.24. The number of rotatable bonds is 3. The molecule has 0 aliphatic rings. The number of aromatic nitrogens is 4. The van der Waals surface area contributed by atoms with Crippen LogP contribution >= 0.6 is 0 Å². The van der Waals surface area contributed by atoms with Gasteiger partial charge in [-0.2, -0.15) is 4.98 Å². The number of nitrogens with one attached hydrogen (secondary N) is 1. The number of nitrogens with zero attached hydrogens (tertiary/aromatic N) is 4. The molecular formula is C14H13N5O. The number of aryl methyl sites for hydroxylation is 1. The van der Waals surface area contributed by atoms with Crippen LogP contribution in [0, 0.1) is 6.92 Å². The van der Waals surface area contributed by atoms with Gasteiger partial charge in [0.2, 0.25) is 5.82 Å². The summed E-state index contributed by atoms with van der Waals surface area (Å²) in [4.78, 5) is 12.7. The first-order valence-electron chi connectivity index (χ1n) is 6.17. The summed E-state index contributed by atoms with van der Waals surface area (Å²) in [5, 5.41) is 6.99. The first-order chi connectivity index (χ1) is 9.78. The highest BCUT2D eigenvalue weighted by Gasteiger charge is 2.12. The van der Waals surface area contributed by atoms with Gasteiger partial charge < -0.3 is 9.84 Å². The van der Waals surface area contributed by atoms with Crippen molar-refractivity contribution in [3.8, 4) is 22.8 Å². The molecule has 100 valence electrons. The van der Waals surface area contributed by atoms with Crippen LogP contribution in [0.3, 0.4) is 0 Å². The average Bonchev–Trinajstić information content (AvgIpc) is 2.97. The van der Waals surface area contributed by atoms with Crippen LogP contribution in [0.2, 0.25) is 0 Å². The zero-order valence-electron chi connectivity index (χ0n) is 11.2. The van der Waals surface area contributed by atoms with Crippen LogP contribution in [0.15, 0.2) is 41.3 Å². The van der Waals surface area contributed by atoms with Gasteiger partial charge in [0.15, 0.2) is 0 Å². The summed E-state index contributed by atoms with van der Waals surface area (Å²) < 4.78 is 5.32. The maximum absolute atomic E-state index is 5.32. The van der Waals surface area contributed by atoms with Crippen molar-refractivity contribution in [1.82, 2.24) is 20.1 Å². The lowest BCUT2D eigenvalue weighted by molar-refractivity contribution is 0.432. The van der Waals surface area contributed by atoms with Crippen molar-refractivity contribution in [2.45, 2.75) is 6.92 Å². The molecule has 3 aromatic rings. The summed E-state index contributed by atoms with van der Waals surface area (Å²) in [6, 6.07) is 5.60. The number of anilines is 1. The summed E-state index contributed by atoms with van der Waals surface area (Å²) in [7, 11) is 1.81. The molecule has 0 aliphatic carbocycles. The standard InChI is InChI=1S/C14H13N5O/c1-9-3-5-16-8-11(9)13-18-14(20-19-13)10-4-6-17-12(7-10)15-2/h3-8H,1-2H3,(H,15,17). The number of pyridine rings is 2. The van der Waals surface area contributed by atoms with Crippen LogP contribution in [-0.4, -0.2) is 27.2 Å². The molecule has 0 spiro atoms. The van der Waals surface area contributed by atoms with E-state index in [1.54, 1.807) is 18.6 Å². The molecule has 0 atom stereocenters. The quantitative estimate of drug-likeness (QED) is 0.785. The van der Waals surface area contributed by atoms with Gasteiger partial charge in [-0.3, -0.25) is 4.98 Å². The Morgan fingerprint density at radius 1 is 1.20 bits per heavy atom. The Hall–Kier alpha value is -2.76. The highest BCUT2D eigenvalue weighted by atomic mass is 16.5. The van der Waals surface area contributed by atoms with E-state index < -0.39 is 0 Å². The van der Waals surface area contributed by atoms with Crippen LogP contribution in [0.4, 0.5) is 5.82 Å². The van der Waals surface area contributed by atoms with Crippen LogP contribution < -0.4 is 5.32 Å². The van der Waals surface area contributed by atoms with Crippen LogP contribution in [0.1, 0.15) is 5.56 Å². The van der Waals surface area contributed by atoms with Gasteiger partial charge in [0.05, 0.1) is 0 Å². The van der Waals surface area contributed by atoms with Crippen molar-refractivity contribution >= 4 is 5.82 Å². The molecular weight excluding hydrogens is 254 g/mol. The summed E-state index contributed by atoms with van der Waals surface area (Å²) in [5.74, 6) is 1.75. The van der Waals surface area contributed by atoms with Crippen LogP contribution in [0.25, 0.3) is 22.8 Å². The summed E-state index contributed by atoms with van der Waals surface area (Å²) >= 11 is 0. The smallest absolute Gasteiger partial charge is 0.258 e. The topological polar surface area (TPSA) is 76.7 Å². The summed E-state index contributed by atoms with van der Waals surface area (Å²) in [6.07, 6.45) is 5.16. The van der Waals surface area contributed by atoms with Gasteiger partial charge in [-0.1, -0.05) is 5.16 Å². The fourth-order valence-corrected chi connectivity index (χ4v) is 1.85. The second-order valence-corrected chi connectivity index (χ2v) is 4.29. The molecule has 1 N–H and O–H groups in total. The minimum Gasteiger partial charge on any atom is -0.373 e. The van der Waals surface area contributed by atoms with E-state index in [2.05, 4.69) is 25.4 Å².